The van der Waals surface area contributed by atoms with Gasteiger partial charge in [-0.15, -0.1) is 0 Å². The lowest BCUT2D eigenvalue weighted by molar-refractivity contribution is -0.143. The molecule has 0 unspecified atom stereocenters. The minimum absolute atomic E-state index is 0.133. The predicted molar refractivity (Wildman–Crippen MR) is 101 cm³/mol. The molecule has 1 amide bonds. The van der Waals surface area contributed by atoms with Crippen LogP contribution in [0, 0.1) is 0 Å². The van der Waals surface area contributed by atoms with E-state index in [0.717, 1.165) is 16.9 Å². The maximum Gasteiger partial charge on any atom is 0.408 e. The molecule has 144 valence electrons. The lowest BCUT2D eigenvalue weighted by Crippen LogP contribution is -2.42. The molecule has 0 fully saturated rings. The van der Waals surface area contributed by atoms with Gasteiger partial charge in [0.1, 0.15) is 18.4 Å². The number of alkyl carbamates (subject to hydrolysis) is 1. The summed E-state index contributed by atoms with van der Waals surface area (Å²) in [5.41, 5.74) is 1.83. The molecule has 2 aromatic carbocycles. The third-order valence-corrected chi connectivity index (χ3v) is 3.97. The molecule has 0 saturated heterocycles. The van der Waals surface area contributed by atoms with Gasteiger partial charge in [-0.25, -0.2) is 9.59 Å². The summed E-state index contributed by atoms with van der Waals surface area (Å²) >= 11 is 0. The Bertz CT molecular complexity index is 732. The number of hydrogen-bond acceptors (Lipinski definition) is 5. The van der Waals surface area contributed by atoms with Crippen molar-refractivity contribution in [2.24, 2.45) is 0 Å². The van der Waals surface area contributed by atoms with E-state index >= 15 is 0 Å². The molecule has 2 rings (SSSR count). The van der Waals surface area contributed by atoms with E-state index in [0.29, 0.717) is 19.4 Å². The third-order valence-electron chi connectivity index (χ3n) is 3.97. The molecular formula is C21H25NO5. The third kappa shape index (κ3) is 6.66. The van der Waals surface area contributed by atoms with Gasteiger partial charge in [-0.1, -0.05) is 48.5 Å². The summed E-state index contributed by atoms with van der Waals surface area (Å²) in [7, 11) is 1.29. The van der Waals surface area contributed by atoms with Gasteiger partial charge < -0.3 is 19.5 Å². The Balaban J connectivity index is 1.93. The molecule has 6 nitrogen and oxygen atoms in total. The molecular weight excluding hydrogens is 346 g/mol. The topological polar surface area (TPSA) is 73.9 Å². The first-order valence-corrected chi connectivity index (χ1v) is 8.89. The predicted octanol–water partition coefficient (Wildman–Crippen LogP) is 3.49. The largest absolute Gasteiger partial charge is 0.494 e. The fourth-order valence-electron chi connectivity index (χ4n) is 2.60. The van der Waals surface area contributed by atoms with Crippen LogP contribution in [0.1, 0.15) is 24.5 Å². The van der Waals surface area contributed by atoms with Gasteiger partial charge in [0.05, 0.1) is 13.7 Å². The van der Waals surface area contributed by atoms with Crippen molar-refractivity contribution in [3.8, 4) is 5.75 Å². The average Bonchev–Trinajstić information content (AvgIpc) is 2.71. The zero-order valence-corrected chi connectivity index (χ0v) is 15.6. The van der Waals surface area contributed by atoms with Crippen LogP contribution in [0.2, 0.25) is 0 Å². The summed E-state index contributed by atoms with van der Waals surface area (Å²) in [5.74, 6) is 0.260. The van der Waals surface area contributed by atoms with Crippen molar-refractivity contribution in [3.63, 3.8) is 0 Å². The number of nitrogens with one attached hydrogen (secondary N) is 1. The number of hydrogen-bond donors (Lipinski definition) is 1. The fraction of sp³-hybridized carbons (Fsp3) is 0.333. The van der Waals surface area contributed by atoms with Crippen LogP contribution < -0.4 is 10.1 Å². The maximum absolute atomic E-state index is 12.1. The molecule has 0 radical (unpaired) electrons. The van der Waals surface area contributed by atoms with Crippen LogP contribution in [-0.4, -0.2) is 31.8 Å². The van der Waals surface area contributed by atoms with Crippen LogP contribution in [0.25, 0.3) is 0 Å². The Morgan fingerprint density at radius 3 is 2.44 bits per heavy atom. The molecule has 1 atom stereocenters. The van der Waals surface area contributed by atoms with E-state index in [1.807, 2.05) is 61.5 Å². The van der Waals surface area contributed by atoms with Crippen LogP contribution >= 0.6 is 0 Å². The second-order valence-corrected chi connectivity index (χ2v) is 5.86. The number of benzene rings is 2. The second-order valence-electron chi connectivity index (χ2n) is 5.86. The van der Waals surface area contributed by atoms with Gasteiger partial charge in [0.2, 0.25) is 0 Å². The van der Waals surface area contributed by atoms with Crippen molar-refractivity contribution in [3.05, 3.63) is 65.7 Å². The SMILES string of the molecule is CCOc1ccccc1CC[C@H](NC(=O)OCc1ccccc1)C(=O)OC. The highest BCUT2D eigenvalue weighted by atomic mass is 16.6. The molecule has 27 heavy (non-hydrogen) atoms. The van der Waals surface area contributed by atoms with Crippen molar-refractivity contribution >= 4 is 12.1 Å². The van der Waals surface area contributed by atoms with E-state index < -0.39 is 18.1 Å². The van der Waals surface area contributed by atoms with Crippen molar-refractivity contribution in [1.29, 1.82) is 0 Å². The number of ether oxygens (including phenoxy) is 3. The van der Waals surface area contributed by atoms with E-state index in [1.165, 1.54) is 7.11 Å². The Labute approximate surface area is 159 Å². The van der Waals surface area contributed by atoms with Crippen LogP contribution in [0.15, 0.2) is 54.6 Å². The Morgan fingerprint density at radius 2 is 1.74 bits per heavy atom. The molecule has 0 aliphatic heterocycles. The van der Waals surface area contributed by atoms with E-state index in [9.17, 15) is 9.59 Å². The smallest absolute Gasteiger partial charge is 0.408 e. The molecule has 6 heteroatoms. The Kier molecular flexibility index (Phi) is 8.16. The molecule has 0 bridgehead atoms. The van der Waals surface area contributed by atoms with E-state index in [2.05, 4.69) is 5.32 Å². The van der Waals surface area contributed by atoms with E-state index in [4.69, 9.17) is 14.2 Å². The minimum Gasteiger partial charge on any atom is -0.494 e. The van der Waals surface area contributed by atoms with Gasteiger partial charge in [-0.05, 0) is 37.0 Å². The lowest BCUT2D eigenvalue weighted by Gasteiger charge is -2.17. The molecule has 2 aromatic rings. The normalized spacial score (nSPS) is 11.3. The van der Waals surface area contributed by atoms with E-state index in [-0.39, 0.29) is 6.61 Å². The van der Waals surface area contributed by atoms with Crippen LogP contribution in [0.5, 0.6) is 5.75 Å². The summed E-state index contributed by atoms with van der Waals surface area (Å²) in [4.78, 5) is 24.1. The first-order valence-electron chi connectivity index (χ1n) is 8.89. The summed E-state index contributed by atoms with van der Waals surface area (Å²) in [6.07, 6.45) is 0.263. The summed E-state index contributed by atoms with van der Waals surface area (Å²) < 4.78 is 15.6. The molecule has 0 aromatic heterocycles. The second kappa shape index (κ2) is 10.9. The van der Waals surface area contributed by atoms with Gasteiger partial charge in [0.25, 0.3) is 0 Å². The standard InChI is InChI=1S/C21H25NO5/c1-3-26-19-12-8-7-11-17(19)13-14-18(20(23)25-2)22-21(24)27-15-16-9-5-4-6-10-16/h4-12,18H,3,13-15H2,1-2H3,(H,22,24)/t18-/m0/s1. The monoisotopic (exact) mass is 371 g/mol. The van der Waals surface area contributed by atoms with Crippen molar-refractivity contribution in [1.82, 2.24) is 5.32 Å². The van der Waals surface area contributed by atoms with Gasteiger partial charge in [0, 0.05) is 0 Å². The number of aryl methyl sites for hydroxylation is 1. The molecule has 0 saturated carbocycles. The van der Waals surface area contributed by atoms with Gasteiger partial charge >= 0.3 is 12.1 Å². The maximum atomic E-state index is 12.1. The molecule has 0 aliphatic carbocycles. The zero-order chi connectivity index (χ0) is 19.5. The number of carbonyl (C=O) groups excluding carboxylic acids is 2. The molecule has 0 spiro atoms. The summed E-state index contributed by atoms with van der Waals surface area (Å²) in [5, 5.41) is 2.58. The Hall–Kier alpha value is -3.02. The van der Waals surface area contributed by atoms with E-state index in [1.54, 1.807) is 0 Å². The fourth-order valence-corrected chi connectivity index (χ4v) is 2.60. The number of methoxy groups -OCH3 is 1. The lowest BCUT2D eigenvalue weighted by atomic mass is 10.0. The highest BCUT2D eigenvalue weighted by Crippen LogP contribution is 2.20. The van der Waals surface area contributed by atoms with Crippen molar-refractivity contribution in [2.75, 3.05) is 13.7 Å². The highest BCUT2D eigenvalue weighted by Gasteiger charge is 2.22. The zero-order valence-electron chi connectivity index (χ0n) is 15.6. The number of esters is 1. The molecule has 1 N–H and O–H groups in total. The number of para-hydroxylation sites is 1. The molecule has 0 heterocycles. The number of carbonyl (C=O) groups is 2. The first kappa shape index (κ1) is 20.3. The van der Waals surface area contributed by atoms with Gasteiger partial charge in [0.15, 0.2) is 0 Å². The summed E-state index contributed by atoms with van der Waals surface area (Å²) in [6.45, 7) is 2.60. The number of rotatable bonds is 9. The van der Waals surface area contributed by atoms with Crippen molar-refractivity contribution < 1.29 is 23.8 Å². The summed E-state index contributed by atoms with van der Waals surface area (Å²) in [6, 6.07) is 16.2. The van der Waals surface area contributed by atoms with Crippen LogP contribution in [0.4, 0.5) is 4.79 Å². The van der Waals surface area contributed by atoms with Gasteiger partial charge in [-0.3, -0.25) is 0 Å². The average molecular weight is 371 g/mol. The van der Waals surface area contributed by atoms with Gasteiger partial charge in [-0.2, -0.15) is 0 Å². The Morgan fingerprint density at radius 1 is 1.04 bits per heavy atom. The molecule has 0 aliphatic rings. The first-order chi connectivity index (χ1) is 13.1. The van der Waals surface area contributed by atoms with Crippen LogP contribution in [0.3, 0.4) is 0 Å². The van der Waals surface area contributed by atoms with Crippen molar-refractivity contribution in [2.45, 2.75) is 32.4 Å². The number of amides is 1. The quantitative estimate of drug-likeness (QED) is 0.683. The van der Waals surface area contributed by atoms with Crippen LogP contribution in [-0.2, 0) is 27.3 Å². The minimum atomic E-state index is -0.798. The highest BCUT2D eigenvalue weighted by molar-refractivity contribution is 5.81.